The van der Waals surface area contributed by atoms with E-state index in [0.717, 1.165) is 29.7 Å². The summed E-state index contributed by atoms with van der Waals surface area (Å²) in [6, 6.07) is 8.17. The molecule has 0 spiro atoms. The summed E-state index contributed by atoms with van der Waals surface area (Å²) < 4.78 is 1.98. The molecule has 0 saturated heterocycles. The van der Waals surface area contributed by atoms with Crippen molar-refractivity contribution in [1.82, 2.24) is 20.2 Å². The third-order valence-electron chi connectivity index (χ3n) is 5.18. The summed E-state index contributed by atoms with van der Waals surface area (Å²) in [6.07, 6.45) is 6.41. The fraction of sp³-hybridized carbons (Fsp3) is 0.571. The average Bonchev–Trinajstić information content (AvgIpc) is 3.00. The summed E-state index contributed by atoms with van der Waals surface area (Å²) >= 11 is 0. The molecule has 0 unspecified atom stereocenters. The number of nitrogens with zero attached hydrogens (tertiary/aromatic N) is 2. The second kappa shape index (κ2) is 9.02. The quantitative estimate of drug-likeness (QED) is 0.787. The molecule has 1 aromatic carbocycles. The molecule has 27 heavy (non-hydrogen) atoms. The number of benzene rings is 1. The molecule has 1 heterocycles. The van der Waals surface area contributed by atoms with Gasteiger partial charge in [0.05, 0.1) is 11.0 Å². The van der Waals surface area contributed by atoms with Crippen molar-refractivity contribution in [3.05, 3.63) is 30.1 Å². The number of rotatable bonds is 7. The van der Waals surface area contributed by atoms with Gasteiger partial charge in [-0.05, 0) is 25.0 Å². The summed E-state index contributed by atoms with van der Waals surface area (Å²) in [6.45, 7) is 4.54. The lowest BCUT2D eigenvalue weighted by atomic mass is 9.95. The fourth-order valence-electron chi connectivity index (χ4n) is 3.66. The highest BCUT2D eigenvalue weighted by Crippen LogP contribution is 2.19. The van der Waals surface area contributed by atoms with Crippen molar-refractivity contribution in [3.8, 4) is 0 Å². The van der Waals surface area contributed by atoms with Crippen LogP contribution in [0.2, 0.25) is 0 Å². The van der Waals surface area contributed by atoms with Crippen LogP contribution in [0.3, 0.4) is 0 Å². The van der Waals surface area contributed by atoms with Gasteiger partial charge in [-0.3, -0.25) is 9.59 Å². The number of nitrogens with one attached hydrogen (secondary N) is 2. The first-order valence-electron chi connectivity index (χ1n) is 10.1. The Morgan fingerprint density at radius 3 is 2.67 bits per heavy atom. The smallest absolute Gasteiger partial charge is 0.240 e. The minimum absolute atomic E-state index is 0.0349. The maximum atomic E-state index is 12.6. The van der Waals surface area contributed by atoms with Crippen LogP contribution in [0.5, 0.6) is 0 Å². The predicted octanol–water partition coefficient (Wildman–Crippen LogP) is 2.80. The molecule has 2 aromatic rings. The van der Waals surface area contributed by atoms with Crippen LogP contribution in [-0.2, 0) is 22.6 Å². The Morgan fingerprint density at radius 2 is 1.93 bits per heavy atom. The van der Waals surface area contributed by atoms with Crippen LogP contribution in [0.15, 0.2) is 24.3 Å². The molecule has 1 saturated carbocycles. The highest BCUT2D eigenvalue weighted by atomic mass is 16.2. The second-order valence-corrected chi connectivity index (χ2v) is 7.70. The van der Waals surface area contributed by atoms with E-state index < -0.39 is 0 Å². The minimum atomic E-state index is -0.0370. The van der Waals surface area contributed by atoms with E-state index in [-0.39, 0.29) is 24.3 Å². The van der Waals surface area contributed by atoms with E-state index in [1.807, 2.05) is 42.7 Å². The predicted molar refractivity (Wildman–Crippen MR) is 106 cm³/mol. The van der Waals surface area contributed by atoms with Gasteiger partial charge in [-0.1, -0.05) is 45.2 Å². The van der Waals surface area contributed by atoms with Crippen molar-refractivity contribution in [1.29, 1.82) is 0 Å². The highest BCUT2D eigenvalue weighted by molar-refractivity contribution is 5.81. The number of imidazole rings is 1. The molecule has 1 aliphatic carbocycles. The molecule has 2 N–H and O–H groups in total. The highest BCUT2D eigenvalue weighted by Gasteiger charge is 2.18. The molecule has 0 bridgehead atoms. The van der Waals surface area contributed by atoms with Gasteiger partial charge in [-0.15, -0.1) is 0 Å². The number of aromatic nitrogens is 2. The summed E-state index contributed by atoms with van der Waals surface area (Å²) in [5.41, 5.74) is 1.84. The third kappa shape index (κ3) is 5.08. The molecule has 0 aliphatic heterocycles. The van der Waals surface area contributed by atoms with E-state index in [2.05, 4.69) is 15.6 Å². The van der Waals surface area contributed by atoms with Gasteiger partial charge < -0.3 is 15.2 Å². The van der Waals surface area contributed by atoms with Gasteiger partial charge in [-0.2, -0.15) is 0 Å². The van der Waals surface area contributed by atoms with Gasteiger partial charge in [0, 0.05) is 24.9 Å². The van der Waals surface area contributed by atoms with Crippen LogP contribution in [0.25, 0.3) is 11.0 Å². The molecule has 3 rings (SSSR count). The van der Waals surface area contributed by atoms with Crippen molar-refractivity contribution >= 4 is 22.8 Å². The standard InChI is InChI=1S/C21H30N4O2/c1-15(2)21(27)22-13-12-19-24-17-10-6-7-11-18(17)25(19)14-20(26)23-16-8-4-3-5-9-16/h6-7,10-11,15-16H,3-5,8-9,12-14H2,1-2H3,(H,22,27)(H,23,26). The maximum Gasteiger partial charge on any atom is 0.240 e. The van der Waals surface area contributed by atoms with Gasteiger partial charge in [0.2, 0.25) is 11.8 Å². The molecule has 6 nitrogen and oxygen atoms in total. The number of hydrogen-bond acceptors (Lipinski definition) is 3. The Kier molecular flexibility index (Phi) is 6.48. The lowest BCUT2D eigenvalue weighted by Gasteiger charge is -2.23. The summed E-state index contributed by atoms with van der Waals surface area (Å²) in [5.74, 6) is 0.870. The van der Waals surface area contributed by atoms with E-state index >= 15 is 0 Å². The van der Waals surface area contributed by atoms with Crippen molar-refractivity contribution < 1.29 is 9.59 Å². The van der Waals surface area contributed by atoms with Gasteiger partial charge in [0.15, 0.2) is 0 Å². The molecule has 2 amide bonds. The summed E-state index contributed by atoms with van der Waals surface area (Å²) in [5, 5.41) is 6.11. The Balaban J connectivity index is 1.70. The average molecular weight is 370 g/mol. The first-order chi connectivity index (χ1) is 13.0. The lowest BCUT2D eigenvalue weighted by Crippen LogP contribution is -2.38. The van der Waals surface area contributed by atoms with Crippen LogP contribution in [-0.4, -0.2) is 34.0 Å². The number of amides is 2. The summed E-state index contributed by atoms with van der Waals surface area (Å²) in [7, 11) is 0. The molecule has 1 aromatic heterocycles. The number of carbonyl (C=O) groups is 2. The third-order valence-corrected chi connectivity index (χ3v) is 5.18. The SMILES string of the molecule is CC(C)C(=O)NCCc1nc2ccccc2n1CC(=O)NC1CCCCC1. The van der Waals surface area contributed by atoms with E-state index in [0.29, 0.717) is 19.0 Å². The minimum Gasteiger partial charge on any atom is -0.355 e. The molecule has 6 heteroatoms. The van der Waals surface area contributed by atoms with Crippen molar-refractivity contribution in [2.45, 2.75) is 65.0 Å². The Morgan fingerprint density at radius 1 is 1.19 bits per heavy atom. The zero-order chi connectivity index (χ0) is 19.2. The molecular formula is C21H30N4O2. The number of para-hydroxylation sites is 2. The van der Waals surface area contributed by atoms with Crippen molar-refractivity contribution in [3.63, 3.8) is 0 Å². The van der Waals surface area contributed by atoms with Crippen LogP contribution in [0.4, 0.5) is 0 Å². The normalized spacial score (nSPS) is 15.2. The van der Waals surface area contributed by atoms with Gasteiger partial charge in [0.25, 0.3) is 0 Å². The van der Waals surface area contributed by atoms with Crippen LogP contribution in [0, 0.1) is 5.92 Å². The van der Waals surface area contributed by atoms with E-state index in [9.17, 15) is 9.59 Å². The van der Waals surface area contributed by atoms with Crippen molar-refractivity contribution in [2.75, 3.05) is 6.54 Å². The molecule has 0 radical (unpaired) electrons. The number of fused-ring (bicyclic) bond motifs is 1. The monoisotopic (exact) mass is 370 g/mol. The summed E-state index contributed by atoms with van der Waals surface area (Å²) in [4.78, 5) is 29.1. The largest absolute Gasteiger partial charge is 0.355 e. The zero-order valence-corrected chi connectivity index (χ0v) is 16.3. The first-order valence-corrected chi connectivity index (χ1v) is 10.1. The molecular weight excluding hydrogens is 340 g/mol. The second-order valence-electron chi connectivity index (χ2n) is 7.70. The van der Waals surface area contributed by atoms with Crippen LogP contribution >= 0.6 is 0 Å². The van der Waals surface area contributed by atoms with Crippen molar-refractivity contribution in [2.24, 2.45) is 5.92 Å². The number of carbonyl (C=O) groups excluding carboxylic acids is 2. The van der Waals surface area contributed by atoms with E-state index in [4.69, 9.17) is 0 Å². The Hall–Kier alpha value is -2.37. The molecule has 146 valence electrons. The van der Waals surface area contributed by atoms with Gasteiger partial charge in [0.1, 0.15) is 12.4 Å². The van der Waals surface area contributed by atoms with Crippen LogP contribution in [0.1, 0.15) is 51.8 Å². The van der Waals surface area contributed by atoms with Gasteiger partial charge >= 0.3 is 0 Å². The van der Waals surface area contributed by atoms with E-state index in [1.165, 1.54) is 19.3 Å². The first kappa shape index (κ1) is 19.4. The number of hydrogen-bond donors (Lipinski definition) is 2. The topological polar surface area (TPSA) is 76.0 Å². The molecule has 0 atom stereocenters. The fourth-order valence-corrected chi connectivity index (χ4v) is 3.66. The molecule has 1 aliphatic rings. The van der Waals surface area contributed by atoms with Gasteiger partial charge in [-0.25, -0.2) is 4.98 Å². The van der Waals surface area contributed by atoms with Crippen LogP contribution < -0.4 is 10.6 Å². The maximum absolute atomic E-state index is 12.6. The molecule has 1 fully saturated rings. The Labute approximate surface area is 160 Å². The van der Waals surface area contributed by atoms with E-state index in [1.54, 1.807) is 0 Å². The zero-order valence-electron chi connectivity index (χ0n) is 16.3. The lowest BCUT2D eigenvalue weighted by molar-refractivity contribution is -0.124. The Bertz CT molecular complexity index is 791.